The van der Waals surface area contributed by atoms with Crippen LogP contribution in [0, 0.1) is 0 Å². The molecule has 0 aliphatic carbocycles. The second kappa shape index (κ2) is 72.7. The van der Waals surface area contributed by atoms with E-state index in [1.807, 2.05) is 0 Å². The van der Waals surface area contributed by atoms with Crippen molar-refractivity contribution in [1.29, 1.82) is 0 Å². The van der Waals surface area contributed by atoms with E-state index in [0.717, 1.165) is 169 Å². The first kappa shape index (κ1) is 99.6. The highest BCUT2D eigenvalue weighted by atomic mass is 16.5. The number of benzene rings is 4. The fourth-order valence-electron chi connectivity index (χ4n) is 15.7. The highest BCUT2D eigenvalue weighted by molar-refractivity contribution is 5.95. The summed E-state index contributed by atoms with van der Waals surface area (Å²) in [5.41, 5.74) is 6.30. The monoisotopic (exact) mass is 1560 g/mol. The zero-order valence-corrected chi connectivity index (χ0v) is 75.0. The highest BCUT2D eigenvalue weighted by Crippen LogP contribution is 2.50. The second-order valence-corrected chi connectivity index (χ2v) is 33.6. The van der Waals surface area contributed by atoms with Crippen LogP contribution in [0.5, 0.6) is 46.0 Å². The molecule has 8 heteroatoms. The lowest BCUT2D eigenvalue weighted by Crippen LogP contribution is -2.06. The minimum atomic E-state index is 0.620. The van der Waals surface area contributed by atoms with Crippen molar-refractivity contribution in [3.05, 3.63) is 60.7 Å². The summed E-state index contributed by atoms with van der Waals surface area (Å²) in [5.74, 6) is 6.44. The van der Waals surface area contributed by atoms with Gasteiger partial charge in [-0.2, -0.15) is 0 Å². The van der Waals surface area contributed by atoms with E-state index in [4.69, 9.17) is 37.9 Å². The van der Waals surface area contributed by atoms with Gasteiger partial charge in [0.2, 0.25) is 0 Å². The molecule has 0 saturated carbocycles. The standard InChI is InChI=1S/C104H178O8/c1-9-17-25-33-41-49-57-65-77-105-97-75-73-91(85-99(97)107-79-67-59-51-43-35-27-19-11-3)93-87-101(109-81-69-61-53-45-37-29-21-13-5)103(111-83-71-63-55-47-39-31-23-15-7)89-95(93)96-90-104(112-84-72-64-56-48-40-32-24-16-8)102(110-82-70-62-54-46-38-30-22-14-6)88-94(96)92-74-76-98(106-78-66-58-50-42-34-26-18-10-2)100(86-92)108-80-68-60-52-44-36-28-20-12-4/h73-76,85-90H,9-72,77-84H2,1-8H3. The van der Waals surface area contributed by atoms with Crippen molar-refractivity contribution in [3.8, 4) is 79.4 Å². The van der Waals surface area contributed by atoms with Crippen molar-refractivity contribution in [3.63, 3.8) is 0 Å². The molecule has 642 valence electrons. The van der Waals surface area contributed by atoms with Crippen molar-refractivity contribution in [2.45, 2.75) is 466 Å². The van der Waals surface area contributed by atoms with Gasteiger partial charge in [-0.15, -0.1) is 0 Å². The fraction of sp³-hybridized carbons (Fsp3) is 0.769. The predicted molar refractivity (Wildman–Crippen MR) is 488 cm³/mol. The van der Waals surface area contributed by atoms with Crippen LogP contribution in [-0.2, 0) is 0 Å². The van der Waals surface area contributed by atoms with Gasteiger partial charge < -0.3 is 37.9 Å². The van der Waals surface area contributed by atoms with Crippen LogP contribution in [0.25, 0.3) is 33.4 Å². The van der Waals surface area contributed by atoms with Crippen LogP contribution in [0.3, 0.4) is 0 Å². The molecule has 4 aromatic rings. The molecular weight excluding hydrogens is 1380 g/mol. The van der Waals surface area contributed by atoms with E-state index in [-0.39, 0.29) is 0 Å². The summed E-state index contributed by atoms with van der Waals surface area (Å²) in [6, 6.07) is 22.8. The molecule has 4 aromatic carbocycles. The first-order valence-corrected chi connectivity index (χ1v) is 49.1. The summed E-state index contributed by atoms with van der Waals surface area (Å²) in [7, 11) is 0. The largest absolute Gasteiger partial charge is 0.490 e. The maximum Gasteiger partial charge on any atom is 0.161 e. The SMILES string of the molecule is CCCCCCCCCCOc1ccc(-c2cc(OCCCCCCCCCC)c(OCCCCCCCCCC)cc2-c2cc(OCCCCCCCCCC)c(OCCCCCCCCCC)cc2-c2ccc(OCCCCCCCCCC)c(OCCCCCCCCCC)c2)cc1OCCCCCCCCCC. The Kier molecular flexibility index (Phi) is 64.7. The first-order chi connectivity index (χ1) is 55.5. The Morgan fingerprint density at radius 2 is 0.268 bits per heavy atom. The van der Waals surface area contributed by atoms with Gasteiger partial charge in [0.15, 0.2) is 46.0 Å². The Morgan fingerprint density at radius 3 is 0.438 bits per heavy atom. The van der Waals surface area contributed by atoms with Crippen LogP contribution in [0.2, 0.25) is 0 Å². The quantitative estimate of drug-likeness (QED) is 0.0405. The van der Waals surface area contributed by atoms with E-state index in [9.17, 15) is 0 Å². The van der Waals surface area contributed by atoms with Gasteiger partial charge in [0, 0.05) is 0 Å². The smallest absolute Gasteiger partial charge is 0.161 e. The van der Waals surface area contributed by atoms with Gasteiger partial charge in [-0.05, 0) is 133 Å². The van der Waals surface area contributed by atoms with E-state index >= 15 is 0 Å². The number of ether oxygens (including phenoxy) is 8. The van der Waals surface area contributed by atoms with Gasteiger partial charge in [0.1, 0.15) is 0 Å². The first-order valence-electron chi connectivity index (χ1n) is 49.1. The number of hydrogen-bond acceptors (Lipinski definition) is 8. The number of unbranched alkanes of at least 4 members (excludes halogenated alkanes) is 56. The summed E-state index contributed by atoms with van der Waals surface area (Å²) in [6.45, 7) is 23.6. The third-order valence-electron chi connectivity index (χ3n) is 23.0. The molecule has 0 amide bonds. The van der Waals surface area contributed by atoms with Gasteiger partial charge in [-0.3, -0.25) is 0 Å². The molecule has 0 fully saturated rings. The van der Waals surface area contributed by atoms with Crippen LogP contribution >= 0.6 is 0 Å². The van der Waals surface area contributed by atoms with Gasteiger partial charge in [-0.1, -0.05) is 427 Å². The van der Waals surface area contributed by atoms with E-state index in [0.29, 0.717) is 52.9 Å². The molecule has 0 bridgehead atoms. The lowest BCUT2D eigenvalue weighted by atomic mass is 9.88. The Morgan fingerprint density at radius 1 is 0.134 bits per heavy atom. The summed E-state index contributed by atoms with van der Waals surface area (Å²) in [6.07, 6.45) is 79.6. The molecule has 0 spiro atoms. The van der Waals surface area contributed by atoms with Crippen LogP contribution in [0.1, 0.15) is 466 Å². The van der Waals surface area contributed by atoms with Crippen LogP contribution < -0.4 is 37.9 Å². The topological polar surface area (TPSA) is 73.8 Å². The molecule has 112 heavy (non-hydrogen) atoms. The molecule has 8 nitrogen and oxygen atoms in total. The minimum Gasteiger partial charge on any atom is -0.490 e. The zero-order valence-electron chi connectivity index (χ0n) is 75.0. The van der Waals surface area contributed by atoms with E-state index in [2.05, 4.69) is 116 Å². The predicted octanol–water partition coefficient (Wildman–Crippen LogP) is 34.8. The third-order valence-corrected chi connectivity index (χ3v) is 23.0. The lowest BCUT2D eigenvalue weighted by Gasteiger charge is -2.23. The Hall–Kier alpha value is -4.72. The molecule has 0 N–H and O–H groups in total. The zero-order chi connectivity index (χ0) is 79.7. The van der Waals surface area contributed by atoms with Crippen molar-refractivity contribution in [2.24, 2.45) is 0 Å². The van der Waals surface area contributed by atoms with Gasteiger partial charge in [0.25, 0.3) is 0 Å². The molecule has 0 unspecified atom stereocenters. The van der Waals surface area contributed by atoms with Crippen molar-refractivity contribution < 1.29 is 37.9 Å². The minimum absolute atomic E-state index is 0.620. The summed E-state index contributed by atoms with van der Waals surface area (Å²) < 4.78 is 56.6. The van der Waals surface area contributed by atoms with Gasteiger partial charge in [-0.25, -0.2) is 0 Å². The summed E-state index contributed by atoms with van der Waals surface area (Å²) in [5, 5.41) is 0. The van der Waals surface area contributed by atoms with E-state index < -0.39 is 0 Å². The molecule has 0 heterocycles. The van der Waals surface area contributed by atoms with E-state index in [1.54, 1.807) is 0 Å². The van der Waals surface area contributed by atoms with Crippen molar-refractivity contribution in [2.75, 3.05) is 52.9 Å². The molecule has 4 rings (SSSR count). The fourth-order valence-corrected chi connectivity index (χ4v) is 15.7. The lowest BCUT2D eigenvalue weighted by molar-refractivity contribution is 0.258. The van der Waals surface area contributed by atoms with Crippen LogP contribution in [0.4, 0.5) is 0 Å². The maximum atomic E-state index is 7.22. The maximum absolute atomic E-state index is 7.22. The molecule has 0 aromatic heterocycles. The molecular formula is C104H178O8. The number of rotatable bonds is 83. The second-order valence-electron chi connectivity index (χ2n) is 33.6. The summed E-state index contributed by atoms with van der Waals surface area (Å²) >= 11 is 0. The van der Waals surface area contributed by atoms with Crippen LogP contribution in [-0.4, -0.2) is 52.9 Å². The van der Waals surface area contributed by atoms with E-state index in [1.165, 1.54) is 321 Å². The average Bonchev–Trinajstić information content (AvgIpc) is 0.757. The Bertz CT molecular complexity index is 2570. The van der Waals surface area contributed by atoms with Gasteiger partial charge >= 0.3 is 0 Å². The number of hydrogen-bond donors (Lipinski definition) is 0. The molecule has 0 aliphatic rings. The van der Waals surface area contributed by atoms with Gasteiger partial charge in [0.05, 0.1) is 52.9 Å². The van der Waals surface area contributed by atoms with Crippen molar-refractivity contribution >= 4 is 0 Å². The summed E-state index contributed by atoms with van der Waals surface area (Å²) in [4.78, 5) is 0. The molecule has 0 radical (unpaired) electrons. The third kappa shape index (κ3) is 48.7. The van der Waals surface area contributed by atoms with Crippen molar-refractivity contribution in [1.82, 2.24) is 0 Å². The Balaban J connectivity index is 2.06. The highest BCUT2D eigenvalue weighted by Gasteiger charge is 2.25. The van der Waals surface area contributed by atoms with Crippen LogP contribution in [0.15, 0.2) is 60.7 Å². The normalized spacial score (nSPS) is 11.5. The molecule has 0 saturated heterocycles. The average molecular weight is 1560 g/mol. The molecule has 0 aliphatic heterocycles. The molecule has 0 atom stereocenters. The Labute approximate surface area is 693 Å².